The van der Waals surface area contributed by atoms with Gasteiger partial charge in [0.2, 0.25) is 11.8 Å². The van der Waals surface area contributed by atoms with E-state index in [2.05, 4.69) is 25.5 Å². The van der Waals surface area contributed by atoms with Crippen LogP contribution in [0.25, 0.3) is 27.7 Å². The number of carbonyl (C=O) groups is 3. The van der Waals surface area contributed by atoms with Crippen molar-refractivity contribution in [3.05, 3.63) is 71.4 Å². The van der Waals surface area contributed by atoms with Gasteiger partial charge in [-0.1, -0.05) is 12.1 Å². The molecule has 0 spiro atoms. The van der Waals surface area contributed by atoms with Crippen LogP contribution in [0.4, 0.5) is 19.0 Å². The molecule has 11 nitrogen and oxygen atoms in total. The fraction of sp³-hybridized carbons (Fsp3) is 0.344. The molecule has 3 atom stereocenters. The fourth-order valence-corrected chi connectivity index (χ4v) is 6.78. The Morgan fingerprint density at radius 1 is 1.02 bits per heavy atom. The lowest BCUT2D eigenvalue weighted by Crippen LogP contribution is -2.52. The number of Topliss-reactive ketones (excluding diaryl/α,β-unsaturated/α-hetero) is 1. The molecule has 5 aromatic rings. The van der Waals surface area contributed by atoms with Crippen LogP contribution >= 0.6 is 0 Å². The van der Waals surface area contributed by atoms with E-state index in [4.69, 9.17) is 0 Å². The summed E-state index contributed by atoms with van der Waals surface area (Å²) in [5, 5.41) is 12.0. The molecule has 2 unspecified atom stereocenters. The van der Waals surface area contributed by atoms with Gasteiger partial charge in [-0.05, 0) is 68.4 Å². The van der Waals surface area contributed by atoms with Gasteiger partial charge in [-0.3, -0.25) is 19.1 Å². The number of pyridine rings is 1. The molecule has 4 aromatic heterocycles. The highest BCUT2D eigenvalue weighted by Crippen LogP contribution is 2.43. The van der Waals surface area contributed by atoms with E-state index >= 15 is 0 Å². The summed E-state index contributed by atoms with van der Waals surface area (Å²) in [6.45, 7) is 4.62. The van der Waals surface area contributed by atoms with E-state index in [9.17, 15) is 27.6 Å². The minimum atomic E-state index is -4.67. The third-order valence-corrected chi connectivity index (χ3v) is 8.91. The molecule has 2 amide bonds. The van der Waals surface area contributed by atoms with E-state index < -0.39 is 23.8 Å². The van der Waals surface area contributed by atoms with Crippen molar-refractivity contribution in [2.75, 3.05) is 5.32 Å². The summed E-state index contributed by atoms with van der Waals surface area (Å²) in [5.41, 5.74) is 3.14. The summed E-state index contributed by atoms with van der Waals surface area (Å²) in [7, 11) is 0. The number of rotatable bonds is 6. The molecule has 14 heteroatoms. The molecule has 0 radical (unpaired) electrons. The van der Waals surface area contributed by atoms with Crippen LogP contribution in [0.15, 0.2) is 48.8 Å². The molecule has 1 aromatic carbocycles. The van der Waals surface area contributed by atoms with Gasteiger partial charge in [-0.15, -0.1) is 0 Å². The van der Waals surface area contributed by atoms with Gasteiger partial charge >= 0.3 is 6.18 Å². The number of nitrogens with one attached hydrogen (secondary N) is 1. The number of aryl methyl sites for hydroxylation is 2. The number of piperidine rings is 1. The van der Waals surface area contributed by atoms with Gasteiger partial charge in [0.1, 0.15) is 29.8 Å². The predicted molar refractivity (Wildman–Crippen MR) is 161 cm³/mol. The van der Waals surface area contributed by atoms with Gasteiger partial charge in [0, 0.05) is 42.4 Å². The number of anilines is 1. The van der Waals surface area contributed by atoms with Crippen LogP contribution in [0, 0.1) is 19.8 Å². The van der Waals surface area contributed by atoms with Crippen molar-refractivity contribution < 1.29 is 27.6 Å². The smallest absolute Gasteiger partial charge is 0.326 e. The van der Waals surface area contributed by atoms with Gasteiger partial charge in [0.15, 0.2) is 11.4 Å². The van der Waals surface area contributed by atoms with Gasteiger partial charge < -0.3 is 10.2 Å². The normalized spacial score (nSPS) is 19.3. The maximum atomic E-state index is 13.9. The summed E-state index contributed by atoms with van der Waals surface area (Å²) in [6, 6.07) is 8.41. The molecule has 2 fully saturated rings. The molecule has 5 heterocycles. The maximum Gasteiger partial charge on any atom is 0.433 e. The summed E-state index contributed by atoms with van der Waals surface area (Å²) < 4.78 is 43.1. The van der Waals surface area contributed by atoms with E-state index in [0.717, 1.165) is 35.7 Å². The Labute approximate surface area is 260 Å². The largest absolute Gasteiger partial charge is 0.433 e. The molecule has 1 saturated carbocycles. The highest BCUT2D eigenvalue weighted by molar-refractivity contribution is 6.06. The molecule has 1 saturated heterocycles. The number of fused-ring (bicyclic) bond motifs is 4. The number of halogens is 3. The third-order valence-electron chi connectivity index (χ3n) is 8.91. The summed E-state index contributed by atoms with van der Waals surface area (Å²) in [4.78, 5) is 49.7. The van der Waals surface area contributed by atoms with Crippen LogP contribution in [0.1, 0.15) is 53.6 Å². The van der Waals surface area contributed by atoms with Crippen molar-refractivity contribution >= 4 is 40.0 Å². The second kappa shape index (κ2) is 10.7. The van der Waals surface area contributed by atoms with Crippen LogP contribution in [0.3, 0.4) is 0 Å². The Morgan fingerprint density at radius 3 is 2.59 bits per heavy atom. The number of hydrogen-bond donors (Lipinski definition) is 1. The lowest BCUT2D eigenvalue weighted by Gasteiger charge is -2.34. The Hall–Kier alpha value is -5.14. The molecule has 1 aliphatic carbocycles. The highest BCUT2D eigenvalue weighted by atomic mass is 19.4. The topological polar surface area (TPSA) is 127 Å². The Morgan fingerprint density at radius 2 is 1.83 bits per heavy atom. The van der Waals surface area contributed by atoms with Crippen molar-refractivity contribution in [2.45, 2.75) is 64.8 Å². The summed E-state index contributed by atoms with van der Waals surface area (Å²) in [5.74, 6) is -1.53. The van der Waals surface area contributed by atoms with Crippen LogP contribution < -0.4 is 5.32 Å². The van der Waals surface area contributed by atoms with E-state index in [1.165, 1.54) is 22.6 Å². The third kappa shape index (κ3) is 5.07. The number of ketones is 1. The number of carbonyl (C=O) groups excluding carboxylic acids is 3. The first kappa shape index (κ1) is 29.6. The second-order valence-corrected chi connectivity index (χ2v) is 12.0. The van der Waals surface area contributed by atoms with Crippen LogP contribution in [-0.4, -0.2) is 63.9 Å². The molecular formula is C32H29F3N8O3. The molecule has 2 aliphatic rings. The van der Waals surface area contributed by atoms with E-state index in [-0.39, 0.29) is 41.7 Å². The number of likely N-dealkylation sites (tertiary alicyclic amines) is 1. The first-order valence-electron chi connectivity index (χ1n) is 14.9. The first-order valence-corrected chi connectivity index (χ1v) is 14.9. The average molecular weight is 631 g/mol. The van der Waals surface area contributed by atoms with Crippen LogP contribution in [0.2, 0.25) is 0 Å². The zero-order valence-electron chi connectivity index (χ0n) is 25.2. The fourth-order valence-electron chi connectivity index (χ4n) is 6.78. The maximum absolute atomic E-state index is 13.9. The standard InChI is InChI=1S/C32H29F3N8O3/c1-16-4-9-25(32(33,34)35)37-30(16)38-31(46)29-20-5-7-22(11-20)43(29)27(45)15-41-24-8-6-19(12-23(24)28(40-41)18(3)44)21-13-36-26-10-17(2)39-42(26)14-21/h4,6,8-10,12-14,20,22,29H,5,7,11,15H2,1-3H3,(H,37,38,46)/t20?,22?,29-/m0/s1. The summed E-state index contributed by atoms with van der Waals surface area (Å²) in [6.07, 6.45) is 0.968. The van der Waals surface area contributed by atoms with Gasteiger partial charge in [-0.25, -0.2) is 14.5 Å². The zero-order chi connectivity index (χ0) is 32.5. The minimum Gasteiger partial charge on any atom is -0.326 e. The number of benzene rings is 1. The lowest BCUT2D eigenvalue weighted by atomic mass is 9.97. The molecule has 1 N–H and O–H groups in total. The van der Waals surface area contributed by atoms with Gasteiger partial charge in [0.25, 0.3) is 0 Å². The lowest BCUT2D eigenvalue weighted by molar-refractivity contribution is -0.141. The second-order valence-electron chi connectivity index (χ2n) is 12.0. The SMILES string of the molecule is CC(=O)c1nn(CC(=O)N2C3CCC(C3)[C@H]2C(=O)Nc2nc(C(F)(F)F)ccc2C)c2ccc(-c3cnc4cc(C)nn4c3)cc12. The molecule has 7 rings (SSSR count). The zero-order valence-corrected chi connectivity index (χ0v) is 25.2. The number of hydrogen-bond acceptors (Lipinski definition) is 7. The van der Waals surface area contributed by atoms with Crippen LogP contribution in [0.5, 0.6) is 0 Å². The quantitative estimate of drug-likeness (QED) is 0.262. The van der Waals surface area contributed by atoms with Gasteiger partial charge in [0.05, 0.1) is 11.2 Å². The first-order chi connectivity index (χ1) is 21.9. The molecule has 236 valence electrons. The highest BCUT2D eigenvalue weighted by Gasteiger charge is 2.51. The number of nitrogens with zero attached hydrogens (tertiary/aromatic N) is 7. The van der Waals surface area contributed by atoms with Crippen molar-refractivity contribution in [2.24, 2.45) is 5.92 Å². The molecule has 1 aliphatic heterocycles. The molecule has 46 heavy (non-hydrogen) atoms. The summed E-state index contributed by atoms with van der Waals surface area (Å²) >= 11 is 0. The van der Waals surface area contributed by atoms with Crippen molar-refractivity contribution in [3.8, 4) is 11.1 Å². The van der Waals surface area contributed by atoms with Gasteiger partial charge in [-0.2, -0.15) is 23.4 Å². The Balaban J connectivity index is 1.17. The molecular weight excluding hydrogens is 601 g/mol. The number of alkyl halides is 3. The predicted octanol–water partition coefficient (Wildman–Crippen LogP) is 5.00. The number of aromatic nitrogens is 6. The van der Waals surface area contributed by atoms with Crippen molar-refractivity contribution in [1.82, 2.24) is 34.3 Å². The minimum absolute atomic E-state index is 0.130. The Kier molecular flexibility index (Phi) is 6.90. The van der Waals surface area contributed by atoms with Crippen molar-refractivity contribution in [3.63, 3.8) is 0 Å². The van der Waals surface area contributed by atoms with E-state index in [1.807, 2.05) is 31.3 Å². The molecule has 2 bridgehead atoms. The van der Waals surface area contributed by atoms with Crippen LogP contribution in [-0.2, 0) is 22.3 Å². The van der Waals surface area contributed by atoms with E-state index in [1.54, 1.807) is 23.7 Å². The average Bonchev–Trinajstić information content (AvgIpc) is 3.78. The monoisotopic (exact) mass is 630 g/mol. The Bertz CT molecular complexity index is 2070. The van der Waals surface area contributed by atoms with Crippen molar-refractivity contribution in [1.29, 1.82) is 0 Å². The number of amides is 2. The van der Waals surface area contributed by atoms with E-state index in [0.29, 0.717) is 28.5 Å².